The van der Waals surface area contributed by atoms with E-state index in [0.717, 1.165) is 32.1 Å². The van der Waals surface area contributed by atoms with Crippen LogP contribution in [0, 0.1) is 11.8 Å². The van der Waals surface area contributed by atoms with Crippen LogP contribution in [-0.4, -0.2) is 26.2 Å². The topological polar surface area (TPSA) is 52.6 Å². The standard InChI is InChI=1S/C13H20O4/c1-16-12(14)11(13(15)17-2)10-8-6-4-3-5-7-9-10/h3-4,10-11H,5-9H2,1-2H3/b4-3-. The fourth-order valence-electron chi connectivity index (χ4n) is 2.26. The van der Waals surface area contributed by atoms with Gasteiger partial charge in [0.05, 0.1) is 14.2 Å². The summed E-state index contributed by atoms with van der Waals surface area (Å²) in [7, 11) is 2.61. The van der Waals surface area contributed by atoms with E-state index in [4.69, 9.17) is 9.47 Å². The molecule has 0 aromatic heterocycles. The first-order chi connectivity index (χ1) is 8.20. The quantitative estimate of drug-likeness (QED) is 0.430. The number of esters is 2. The van der Waals surface area contributed by atoms with Gasteiger partial charge in [-0.05, 0) is 38.0 Å². The lowest BCUT2D eigenvalue weighted by Crippen LogP contribution is -2.33. The number of hydrogen-bond donors (Lipinski definition) is 0. The van der Waals surface area contributed by atoms with Crippen molar-refractivity contribution in [2.75, 3.05) is 14.2 Å². The molecule has 96 valence electrons. The summed E-state index contributed by atoms with van der Waals surface area (Å²) in [6.45, 7) is 0. The molecule has 0 aliphatic heterocycles. The van der Waals surface area contributed by atoms with Crippen LogP contribution in [0.1, 0.15) is 32.1 Å². The molecule has 0 spiro atoms. The fourth-order valence-corrected chi connectivity index (χ4v) is 2.26. The Labute approximate surface area is 102 Å². The van der Waals surface area contributed by atoms with Gasteiger partial charge in [0.2, 0.25) is 0 Å². The zero-order valence-corrected chi connectivity index (χ0v) is 10.5. The molecule has 0 saturated carbocycles. The zero-order valence-electron chi connectivity index (χ0n) is 10.5. The van der Waals surface area contributed by atoms with E-state index in [2.05, 4.69) is 12.2 Å². The average molecular weight is 240 g/mol. The molecule has 0 heterocycles. The molecule has 0 fully saturated rings. The minimum absolute atomic E-state index is 0.0276. The minimum Gasteiger partial charge on any atom is -0.468 e. The predicted molar refractivity (Wildman–Crippen MR) is 63.2 cm³/mol. The summed E-state index contributed by atoms with van der Waals surface area (Å²) in [6.07, 6.45) is 8.84. The van der Waals surface area contributed by atoms with E-state index in [1.165, 1.54) is 14.2 Å². The summed E-state index contributed by atoms with van der Waals surface area (Å²) in [5, 5.41) is 0. The Morgan fingerprint density at radius 1 is 1.06 bits per heavy atom. The Morgan fingerprint density at radius 2 is 1.65 bits per heavy atom. The molecule has 0 saturated heterocycles. The number of ether oxygens (including phenoxy) is 2. The summed E-state index contributed by atoms with van der Waals surface area (Å²) >= 11 is 0. The molecular formula is C13H20O4. The van der Waals surface area contributed by atoms with Gasteiger partial charge in [-0.15, -0.1) is 0 Å². The molecule has 4 heteroatoms. The number of methoxy groups -OCH3 is 2. The van der Waals surface area contributed by atoms with Crippen molar-refractivity contribution < 1.29 is 19.1 Å². The maximum atomic E-state index is 11.7. The van der Waals surface area contributed by atoms with Gasteiger partial charge in [-0.2, -0.15) is 0 Å². The van der Waals surface area contributed by atoms with Gasteiger partial charge in [-0.3, -0.25) is 9.59 Å². The van der Waals surface area contributed by atoms with E-state index in [9.17, 15) is 9.59 Å². The summed E-state index contributed by atoms with van der Waals surface area (Å²) < 4.78 is 9.41. The molecule has 1 atom stereocenters. The van der Waals surface area contributed by atoms with E-state index in [1.807, 2.05) is 0 Å². The SMILES string of the molecule is COC(=O)C(C(=O)OC)C1CC/C=C\CCC1. The van der Waals surface area contributed by atoms with Crippen molar-refractivity contribution in [2.45, 2.75) is 32.1 Å². The lowest BCUT2D eigenvalue weighted by atomic mass is 9.83. The van der Waals surface area contributed by atoms with E-state index >= 15 is 0 Å². The van der Waals surface area contributed by atoms with Crippen LogP contribution >= 0.6 is 0 Å². The molecule has 0 amide bonds. The molecule has 0 bridgehead atoms. The van der Waals surface area contributed by atoms with Gasteiger partial charge in [-0.1, -0.05) is 12.2 Å². The number of carbonyl (C=O) groups is 2. The van der Waals surface area contributed by atoms with Gasteiger partial charge in [-0.25, -0.2) is 0 Å². The molecule has 0 N–H and O–H groups in total. The van der Waals surface area contributed by atoms with Crippen molar-refractivity contribution in [3.8, 4) is 0 Å². The van der Waals surface area contributed by atoms with Crippen LogP contribution in [-0.2, 0) is 19.1 Å². The van der Waals surface area contributed by atoms with Crippen molar-refractivity contribution in [3.63, 3.8) is 0 Å². The third kappa shape index (κ3) is 3.88. The number of allylic oxidation sites excluding steroid dienone is 2. The number of rotatable bonds is 3. The Balaban J connectivity index is 2.76. The van der Waals surface area contributed by atoms with Gasteiger partial charge >= 0.3 is 11.9 Å². The van der Waals surface area contributed by atoms with Crippen molar-refractivity contribution in [1.82, 2.24) is 0 Å². The van der Waals surface area contributed by atoms with Gasteiger partial charge in [0.1, 0.15) is 0 Å². The highest BCUT2D eigenvalue weighted by atomic mass is 16.5. The maximum absolute atomic E-state index is 11.7. The highest BCUT2D eigenvalue weighted by Crippen LogP contribution is 2.28. The third-order valence-corrected chi connectivity index (χ3v) is 3.20. The molecule has 1 aliphatic carbocycles. The van der Waals surface area contributed by atoms with Gasteiger partial charge < -0.3 is 9.47 Å². The Hall–Kier alpha value is -1.32. The van der Waals surface area contributed by atoms with E-state index in [-0.39, 0.29) is 5.92 Å². The zero-order chi connectivity index (χ0) is 12.7. The lowest BCUT2D eigenvalue weighted by molar-refractivity contribution is -0.161. The number of hydrogen-bond acceptors (Lipinski definition) is 4. The van der Waals surface area contributed by atoms with Crippen molar-refractivity contribution in [1.29, 1.82) is 0 Å². The van der Waals surface area contributed by atoms with Crippen LogP contribution in [0.3, 0.4) is 0 Å². The largest absolute Gasteiger partial charge is 0.468 e. The molecule has 0 aromatic rings. The average Bonchev–Trinajstić information content (AvgIpc) is 2.31. The molecular weight excluding hydrogens is 220 g/mol. The van der Waals surface area contributed by atoms with Crippen LogP contribution in [0.25, 0.3) is 0 Å². The Bertz CT molecular complexity index is 280. The molecule has 4 nitrogen and oxygen atoms in total. The monoisotopic (exact) mass is 240 g/mol. The molecule has 17 heavy (non-hydrogen) atoms. The van der Waals surface area contributed by atoms with Crippen molar-refractivity contribution in [2.24, 2.45) is 11.8 Å². The molecule has 1 unspecified atom stereocenters. The van der Waals surface area contributed by atoms with E-state index in [1.54, 1.807) is 0 Å². The van der Waals surface area contributed by atoms with E-state index < -0.39 is 17.9 Å². The minimum atomic E-state index is -0.767. The first-order valence-electron chi connectivity index (χ1n) is 6.01. The van der Waals surface area contributed by atoms with Crippen LogP contribution < -0.4 is 0 Å². The highest BCUT2D eigenvalue weighted by Gasteiger charge is 2.36. The van der Waals surface area contributed by atoms with Crippen LogP contribution in [0.4, 0.5) is 0 Å². The first-order valence-corrected chi connectivity index (χ1v) is 6.01. The van der Waals surface area contributed by atoms with Crippen LogP contribution in [0.5, 0.6) is 0 Å². The number of carbonyl (C=O) groups excluding carboxylic acids is 2. The first kappa shape index (κ1) is 13.7. The van der Waals surface area contributed by atoms with Crippen LogP contribution in [0.15, 0.2) is 12.2 Å². The predicted octanol–water partition coefficient (Wildman–Crippen LogP) is 2.09. The van der Waals surface area contributed by atoms with Crippen LogP contribution in [0.2, 0.25) is 0 Å². The lowest BCUT2D eigenvalue weighted by Gasteiger charge is -2.23. The normalized spacial score (nSPS) is 22.4. The maximum Gasteiger partial charge on any atom is 0.320 e. The summed E-state index contributed by atoms with van der Waals surface area (Å²) in [6, 6.07) is 0. The Kier molecular flexibility index (Phi) is 5.73. The van der Waals surface area contributed by atoms with Crippen molar-refractivity contribution in [3.05, 3.63) is 12.2 Å². The van der Waals surface area contributed by atoms with Gasteiger partial charge in [0.25, 0.3) is 0 Å². The summed E-state index contributed by atoms with van der Waals surface area (Å²) in [5.41, 5.74) is 0. The molecule has 1 aliphatic rings. The van der Waals surface area contributed by atoms with Gasteiger partial charge in [0, 0.05) is 0 Å². The smallest absolute Gasteiger partial charge is 0.320 e. The van der Waals surface area contributed by atoms with Gasteiger partial charge in [0.15, 0.2) is 5.92 Å². The second-order valence-corrected chi connectivity index (χ2v) is 4.26. The molecule has 1 rings (SSSR count). The summed E-state index contributed by atoms with van der Waals surface area (Å²) in [5.74, 6) is -1.70. The van der Waals surface area contributed by atoms with Crippen molar-refractivity contribution >= 4 is 11.9 Å². The third-order valence-electron chi connectivity index (χ3n) is 3.20. The Morgan fingerprint density at radius 3 is 2.24 bits per heavy atom. The molecule has 0 aromatic carbocycles. The molecule has 0 radical (unpaired) electrons. The fraction of sp³-hybridized carbons (Fsp3) is 0.692. The highest BCUT2D eigenvalue weighted by molar-refractivity contribution is 5.95. The van der Waals surface area contributed by atoms with E-state index in [0.29, 0.717) is 0 Å². The summed E-state index contributed by atoms with van der Waals surface area (Å²) in [4.78, 5) is 23.3. The second-order valence-electron chi connectivity index (χ2n) is 4.26. The second kappa shape index (κ2) is 7.09.